The Labute approximate surface area is 396 Å². The number of carbonyl (C=O) groups excluding carboxylic acids is 1. The van der Waals surface area contributed by atoms with Gasteiger partial charge in [0, 0.05) is 5.41 Å². The zero-order valence-corrected chi connectivity index (χ0v) is 40.0. The highest BCUT2D eigenvalue weighted by molar-refractivity contribution is 5.79. The van der Waals surface area contributed by atoms with E-state index in [0.717, 1.165) is 12.0 Å². The van der Waals surface area contributed by atoms with Gasteiger partial charge in [-0.15, -0.1) is 0 Å². The minimum absolute atomic E-state index is 0.00752. The van der Waals surface area contributed by atoms with Crippen molar-refractivity contribution in [2.45, 2.75) is 204 Å². The van der Waals surface area contributed by atoms with E-state index in [-0.39, 0.29) is 35.2 Å². The Morgan fingerprint density at radius 1 is 0.632 bits per heavy atom. The van der Waals surface area contributed by atoms with Crippen molar-refractivity contribution in [3.05, 3.63) is 11.6 Å². The molecule has 0 spiro atoms. The molecule has 0 aromatic rings. The molecule has 20 heteroatoms. The van der Waals surface area contributed by atoms with Crippen LogP contribution >= 0.6 is 0 Å². The van der Waals surface area contributed by atoms with Crippen molar-refractivity contribution < 1.29 is 99.6 Å². The molecule has 8 rings (SSSR count). The maximum atomic E-state index is 15.0. The fourth-order valence-corrected chi connectivity index (χ4v) is 15.1. The molecule has 3 aliphatic heterocycles. The average Bonchev–Trinajstić information content (AvgIpc) is 3.29. The van der Waals surface area contributed by atoms with Gasteiger partial charge in [-0.25, -0.2) is 0 Å². The Hall–Kier alpha value is -1.51. The Balaban J connectivity index is 1.03. The molecule has 20 nitrogen and oxygen atoms in total. The van der Waals surface area contributed by atoms with Crippen LogP contribution in [0.25, 0.3) is 0 Å². The van der Waals surface area contributed by atoms with Crippen molar-refractivity contribution in [2.24, 2.45) is 50.2 Å². The third-order valence-corrected chi connectivity index (χ3v) is 19.4. The monoisotopic (exact) mass is 975 g/mol. The summed E-state index contributed by atoms with van der Waals surface area (Å²) in [7, 11) is 0. The predicted molar refractivity (Wildman–Crippen MR) is 233 cm³/mol. The van der Waals surface area contributed by atoms with Crippen molar-refractivity contribution in [3.63, 3.8) is 0 Å². The second-order valence-electron chi connectivity index (χ2n) is 23.5. The van der Waals surface area contributed by atoms with Gasteiger partial charge in [-0.1, -0.05) is 53.2 Å². The normalized spacial score (nSPS) is 54.6. The lowest BCUT2D eigenvalue weighted by molar-refractivity contribution is -0.345. The molecular weight excluding hydrogens is 897 g/mol. The molecule has 0 bridgehead atoms. The number of carbonyl (C=O) groups is 1. The molecular formula is C48H78O20. The summed E-state index contributed by atoms with van der Waals surface area (Å²) in [4.78, 5) is 15.0. The highest BCUT2D eigenvalue weighted by Gasteiger charge is 2.71. The second kappa shape index (κ2) is 18.8. The summed E-state index contributed by atoms with van der Waals surface area (Å²) in [5, 5.41) is 139. The molecule has 0 aromatic carbocycles. The number of allylic oxidation sites excluding steroid dienone is 2. The van der Waals surface area contributed by atoms with Crippen LogP contribution in [0.4, 0.5) is 0 Å². The first-order valence-electron chi connectivity index (χ1n) is 24.6. The van der Waals surface area contributed by atoms with Gasteiger partial charge in [0.1, 0.15) is 73.2 Å². The lowest BCUT2D eigenvalue weighted by atomic mass is 9.33. The lowest BCUT2D eigenvalue weighted by Gasteiger charge is -2.72. The van der Waals surface area contributed by atoms with Crippen LogP contribution in [0.5, 0.6) is 0 Å². The Bertz CT molecular complexity index is 1850. The molecule has 0 unspecified atom stereocenters. The van der Waals surface area contributed by atoms with Gasteiger partial charge in [0.05, 0.1) is 44.1 Å². The fourth-order valence-electron chi connectivity index (χ4n) is 15.1. The molecule has 0 amide bonds. The summed E-state index contributed by atoms with van der Waals surface area (Å²) >= 11 is 0. The Morgan fingerprint density at radius 2 is 1.18 bits per heavy atom. The number of ether oxygens (including phenoxy) is 6. The summed E-state index contributed by atoms with van der Waals surface area (Å²) in [6, 6.07) is 0. The van der Waals surface area contributed by atoms with Gasteiger partial charge in [-0.2, -0.15) is 0 Å². The predicted octanol–water partition coefficient (Wildman–Crippen LogP) is -1.92. The average molecular weight is 975 g/mol. The minimum atomic E-state index is -1.84. The third-order valence-electron chi connectivity index (χ3n) is 19.4. The Kier molecular flexibility index (Phi) is 14.6. The molecule has 8 aliphatic rings. The van der Waals surface area contributed by atoms with E-state index < -0.39 is 152 Å². The quantitative estimate of drug-likeness (QED) is 0.0645. The smallest absolute Gasteiger partial charge is 0.315 e. The molecule has 4 saturated carbocycles. The van der Waals surface area contributed by atoms with E-state index in [2.05, 4.69) is 40.7 Å². The van der Waals surface area contributed by atoms with Crippen LogP contribution in [0.1, 0.15) is 99.3 Å². The molecule has 7 fully saturated rings. The standard InChI is InChI=1S/C48H78O20/c1-43(2)11-13-48(42(62)68-41-37(61)34(58)31(55)26(66-41)19-63-39-35(59)32(56)29(53)24(17-49)64-39)14-12-46(5)21(22(48)15-43)7-8-28-44(3)16-23(52)38(45(4,20-51)27(44)9-10-47(28,46)6)67-40-36(60)33(57)30(54)25(18-50)65-40/h7,22-41,49-61H,8-20H2,1-6H3/t22-,23-,24-,25+,26-,27+,28+,29-,30+,31-,32+,33-,34+,35-,36+,37-,38-,39-,40-,41+,44-,45-,46+,47+,48-/m0/s1. The van der Waals surface area contributed by atoms with Crippen LogP contribution in [0.15, 0.2) is 11.6 Å². The van der Waals surface area contributed by atoms with E-state index in [1.165, 1.54) is 0 Å². The molecule has 390 valence electrons. The van der Waals surface area contributed by atoms with Crippen LogP contribution in [-0.4, -0.2) is 203 Å². The van der Waals surface area contributed by atoms with Crippen LogP contribution < -0.4 is 0 Å². The van der Waals surface area contributed by atoms with E-state index in [9.17, 15) is 71.2 Å². The van der Waals surface area contributed by atoms with Gasteiger partial charge in [0.2, 0.25) is 6.29 Å². The summed E-state index contributed by atoms with van der Waals surface area (Å²) in [5.41, 5.74) is -2.39. The molecule has 25 atom stereocenters. The largest absolute Gasteiger partial charge is 0.432 e. The highest BCUT2D eigenvalue weighted by atomic mass is 16.7. The lowest BCUT2D eigenvalue weighted by Crippen LogP contribution is -2.69. The number of hydrogen-bond donors (Lipinski definition) is 13. The van der Waals surface area contributed by atoms with Crippen LogP contribution in [-0.2, 0) is 33.2 Å². The molecule has 13 N–H and O–H groups in total. The number of fused-ring (bicyclic) bond motifs is 7. The summed E-state index contributed by atoms with van der Waals surface area (Å²) in [6.07, 6.45) is -18.9. The number of esters is 1. The zero-order valence-electron chi connectivity index (χ0n) is 40.0. The summed E-state index contributed by atoms with van der Waals surface area (Å²) in [5.74, 6) is -1.06. The van der Waals surface area contributed by atoms with Gasteiger partial charge in [-0.05, 0) is 97.2 Å². The molecule has 3 saturated heterocycles. The zero-order chi connectivity index (χ0) is 49.8. The van der Waals surface area contributed by atoms with Crippen molar-refractivity contribution in [2.75, 3.05) is 26.4 Å². The molecule has 68 heavy (non-hydrogen) atoms. The van der Waals surface area contributed by atoms with Crippen molar-refractivity contribution in [1.29, 1.82) is 0 Å². The van der Waals surface area contributed by atoms with E-state index in [1.807, 2.05) is 6.92 Å². The van der Waals surface area contributed by atoms with Gasteiger partial charge in [0.25, 0.3) is 0 Å². The Morgan fingerprint density at radius 3 is 1.78 bits per heavy atom. The van der Waals surface area contributed by atoms with Gasteiger partial charge in [-0.3, -0.25) is 4.79 Å². The van der Waals surface area contributed by atoms with E-state index >= 15 is 0 Å². The van der Waals surface area contributed by atoms with Gasteiger partial charge in [0.15, 0.2) is 12.6 Å². The van der Waals surface area contributed by atoms with Crippen molar-refractivity contribution >= 4 is 5.97 Å². The minimum Gasteiger partial charge on any atom is -0.432 e. The van der Waals surface area contributed by atoms with E-state index in [4.69, 9.17) is 28.4 Å². The molecule has 5 aliphatic carbocycles. The fraction of sp³-hybridized carbons (Fsp3) is 0.938. The maximum absolute atomic E-state index is 15.0. The summed E-state index contributed by atoms with van der Waals surface area (Å²) < 4.78 is 35.0. The summed E-state index contributed by atoms with van der Waals surface area (Å²) in [6.45, 7) is 10.7. The number of rotatable bonds is 10. The van der Waals surface area contributed by atoms with Crippen LogP contribution in [0, 0.1) is 50.2 Å². The van der Waals surface area contributed by atoms with Crippen LogP contribution in [0.2, 0.25) is 0 Å². The molecule has 0 radical (unpaired) electrons. The first kappa shape index (κ1) is 52.8. The van der Waals surface area contributed by atoms with Crippen molar-refractivity contribution in [1.82, 2.24) is 0 Å². The van der Waals surface area contributed by atoms with E-state index in [0.29, 0.717) is 51.4 Å². The first-order chi connectivity index (χ1) is 31.8. The van der Waals surface area contributed by atoms with Gasteiger partial charge < -0.3 is 94.8 Å². The van der Waals surface area contributed by atoms with Crippen molar-refractivity contribution in [3.8, 4) is 0 Å². The highest BCUT2D eigenvalue weighted by Crippen LogP contribution is 2.76. The first-order valence-corrected chi connectivity index (χ1v) is 24.6. The number of aliphatic hydroxyl groups excluding tert-OH is 13. The van der Waals surface area contributed by atoms with E-state index in [1.54, 1.807) is 0 Å². The molecule has 0 aromatic heterocycles. The number of hydrogen-bond acceptors (Lipinski definition) is 20. The molecule has 3 heterocycles. The topological polar surface area (TPSA) is 335 Å². The second-order valence-corrected chi connectivity index (χ2v) is 23.5. The van der Waals surface area contributed by atoms with Gasteiger partial charge >= 0.3 is 5.97 Å². The van der Waals surface area contributed by atoms with Crippen LogP contribution in [0.3, 0.4) is 0 Å². The third kappa shape index (κ3) is 8.16. The maximum Gasteiger partial charge on any atom is 0.315 e. The SMILES string of the molecule is CC1(C)CC[C@]2(C(=O)O[C@H]3O[C@@H](CO[C@H]4O[C@@H](CO)[C@H](O)[C@@H](O)[C@@H]4O)[C@H](O)[C@@H](O)[C@@H]3O)CC[C@]3(C)C(=CC[C@@H]4[C@@]5(C)C[C@H](O)[C@H](O[C@@H]6O[C@H](CO)[C@@H](O)[C@H](O)[C@H]6O)[C@@](C)(CO)[C@@H]5CC[C@]43C)[C@@H]2C1. The number of aliphatic hydroxyl groups is 13.